The Bertz CT molecular complexity index is 1410. The van der Waals surface area contributed by atoms with Gasteiger partial charge in [-0.1, -0.05) is 48.0 Å². The van der Waals surface area contributed by atoms with Crippen LogP contribution in [0.5, 0.6) is 0 Å². The van der Waals surface area contributed by atoms with Gasteiger partial charge in [0.05, 0.1) is 31.2 Å². The van der Waals surface area contributed by atoms with Crippen LogP contribution >= 0.6 is 11.6 Å². The number of benzene rings is 2. The van der Waals surface area contributed by atoms with Crippen molar-refractivity contribution in [3.8, 4) is 5.69 Å². The van der Waals surface area contributed by atoms with Crippen LogP contribution in [0.3, 0.4) is 0 Å². The van der Waals surface area contributed by atoms with E-state index in [-0.39, 0.29) is 18.2 Å². The third-order valence-corrected chi connectivity index (χ3v) is 6.33. The van der Waals surface area contributed by atoms with Crippen LogP contribution in [0, 0.1) is 6.92 Å². The average molecular weight is 451 g/mol. The third kappa shape index (κ3) is 3.57. The number of hydrogen-bond donors (Lipinski definition) is 0. The van der Waals surface area contributed by atoms with E-state index in [0.29, 0.717) is 35.0 Å². The number of hydrogen-bond acceptors (Lipinski definition) is 4. The molecular weight excluding hydrogens is 428 g/mol. The van der Waals surface area contributed by atoms with Crippen LogP contribution in [-0.2, 0) is 17.8 Å². The molecule has 7 nitrogen and oxygen atoms in total. The molecule has 0 saturated carbocycles. The number of aryl methyl sites for hydroxylation is 1. The second-order valence-electron chi connectivity index (χ2n) is 8.09. The summed E-state index contributed by atoms with van der Waals surface area (Å²) >= 11 is 6.36. The van der Waals surface area contributed by atoms with E-state index in [1.807, 2.05) is 55.5 Å². The Morgan fingerprint density at radius 2 is 1.91 bits per heavy atom. The second-order valence-corrected chi connectivity index (χ2v) is 8.50. The maximum absolute atomic E-state index is 13.6. The molecule has 0 amide bonds. The van der Waals surface area contributed by atoms with Crippen molar-refractivity contribution in [1.29, 1.82) is 0 Å². The summed E-state index contributed by atoms with van der Waals surface area (Å²) in [6.45, 7) is 3.18. The Hall–Kier alpha value is -3.16. The van der Waals surface area contributed by atoms with Gasteiger partial charge < -0.3 is 9.30 Å². The monoisotopic (exact) mass is 450 g/mol. The summed E-state index contributed by atoms with van der Waals surface area (Å²) in [7, 11) is 0. The topological polar surface area (TPSA) is 71.1 Å². The first kappa shape index (κ1) is 20.7. The highest BCUT2D eigenvalue weighted by Crippen LogP contribution is 2.21. The summed E-state index contributed by atoms with van der Waals surface area (Å²) in [6.07, 6.45) is 3.20. The van der Waals surface area contributed by atoms with E-state index in [1.165, 1.54) is 9.13 Å². The van der Waals surface area contributed by atoms with Gasteiger partial charge in [-0.05, 0) is 43.0 Å². The normalized spacial score (nSPS) is 16.1. The molecule has 2 aromatic heterocycles. The van der Waals surface area contributed by atoms with Crippen molar-refractivity contribution < 1.29 is 4.74 Å². The van der Waals surface area contributed by atoms with E-state index < -0.39 is 5.69 Å². The molecule has 0 radical (unpaired) electrons. The highest BCUT2D eigenvalue weighted by molar-refractivity contribution is 6.31. The molecule has 0 aliphatic carbocycles. The smallest absolute Gasteiger partial charge is 0.337 e. The Labute approximate surface area is 189 Å². The van der Waals surface area contributed by atoms with Crippen LogP contribution in [0.2, 0.25) is 5.02 Å². The minimum absolute atomic E-state index is 0.150. The number of imidazole rings is 1. The van der Waals surface area contributed by atoms with E-state index in [0.717, 1.165) is 24.0 Å². The fraction of sp³-hybridized carbons (Fsp3) is 0.292. The van der Waals surface area contributed by atoms with Gasteiger partial charge in [-0.25, -0.2) is 14.3 Å². The largest absolute Gasteiger partial charge is 0.376 e. The molecule has 0 unspecified atom stereocenters. The molecule has 1 saturated heterocycles. The number of rotatable bonds is 5. The Balaban J connectivity index is 1.76. The summed E-state index contributed by atoms with van der Waals surface area (Å²) in [5.74, 6) is 0. The van der Waals surface area contributed by atoms with Gasteiger partial charge in [-0.2, -0.15) is 0 Å². The lowest BCUT2D eigenvalue weighted by molar-refractivity contribution is 0.0950. The zero-order valence-corrected chi connectivity index (χ0v) is 18.5. The maximum atomic E-state index is 13.6. The fourth-order valence-electron chi connectivity index (χ4n) is 4.29. The maximum Gasteiger partial charge on any atom is 0.337 e. The molecule has 3 heterocycles. The summed E-state index contributed by atoms with van der Waals surface area (Å²) in [6, 6.07) is 15.1. The summed E-state index contributed by atoms with van der Waals surface area (Å²) in [5, 5.41) is 0.612. The highest BCUT2D eigenvalue weighted by atomic mass is 35.5. The van der Waals surface area contributed by atoms with Crippen molar-refractivity contribution in [2.24, 2.45) is 0 Å². The van der Waals surface area contributed by atoms with Gasteiger partial charge in [0, 0.05) is 11.6 Å². The molecule has 8 heteroatoms. The Kier molecular flexibility index (Phi) is 5.45. The zero-order valence-electron chi connectivity index (χ0n) is 17.7. The zero-order chi connectivity index (χ0) is 22.2. The standard InChI is InChI=1S/C24H23ClN4O3/c1-16-7-2-5-11-20(16)29-22-21(23(30)28(24(29)31)14-18-9-6-12-32-18)27(15-26-22)13-17-8-3-4-10-19(17)25/h2-5,7-8,10-11,15,18H,6,9,12-14H2,1H3/t18-/m0/s1. The first-order valence-corrected chi connectivity index (χ1v) is 11.0. The van der Waals surface area contributed by atoms with E-state index in [1.54, 1.807) is 10.9 Å². The highest BCUT2D eigenvalue weighted by Gasteiger charge is 2.24. The van der Waals surface area contributed by atoms with Gasteiger partial charge in [0.1, 0.15) is 0 Å². The van der Waals surface area contributed by atoms with E-state index >= 15 is 0 Å². The first-order valence-electron chi connectivity index (χ1n) is 10.7. The van der Waals surface area contributed by atoms with Gasteiger partial charge in [-0.15, -0.1) is 0 Å². The molecule has 2 aromatic carbocycles. The van der Waals surface area contributed by atoms with Crippen LogP contribution in [0.4, 0.5) is 0 Å². The summed E-state index contributed by atoms with van der Waals surface area (Å²) < 4.78 is 10.3. The molecule has 0 spiro atoms. The van der Waals surface area contributed by atoms with Crippen LogP contribution in [0.15, 0.2) is 64.4 Å². The Morgan fingerprint density at radius 1 is 1.12 bits per heavy atom. The summed E-state index contributed by atoms with van der Waals surface area (Å²) in [4.78, 5) is 31.6. The molecule has 0 bridgehead atoms. The second kappa shape index (κ2) is 8.41. The number of nitrogens with zero attached hydrogens (tertiary/aromatic N) is 4. The quantitative estimate of drug-likeness (QED) is 0.466. The predicted octanol–water partition coefficient (Wildman–Crippen LogP) is 3.54. The van der Waals surface area contributed by atoms with Crippen molar-refractivity contribution >= 4 is 22.8 Å². The number of aromatic nitrogens is 4. The molecule has 0 N–H and O–H groups in total. The van der Waals surface area contributed by atoms with Gasteiger partial charge in [0.2, 0.25) is 0 Å². The number of ether oxygens (including phenoxy) is 1. The third-order valence-electron chi connectivity index (χ3n) is 5.97. The van der Waals surface area contributed by atoms with Gasteiger partial charge in [0.25, 0.3) is 5.56 Å². The van der Waals surface area contributed by atoms with Crippen molar-refractivity contribution in [1.82, 2.24) is 18.7 Å². The summed E-state index contributed by atoms with van der Waals surface area (Å²) in [5.41, 5.74) is 2.42. The lowest BCUT2D eigenvalue weighted by Crippen LogP contribution is -2.42. The molecular formula is C24H23ClN4O3. The van der Waals surface area contributed by atoms with Crippen LogP contribution in [0.1, 0.15) is 24.0 Å². The van der Waals surface area contributed by atoms with Gasteiger partial charge >= 0.3 is 5.69 Å². The van der Waals surface area contributed by atoms with Crippen molar-refractivity contribution in [3.63, 3.8) is 0 Å². The molecule has 1 atom stereocenters. The Morgan fingerprint density at radius 3 is 2.66 bits per heavy atom. The molecule has 1 aliphatic rings. The van der Waals surface area contributed by atoms with Crippen LogP contribution < -0.4 is 11.2 Å². The van der Waals surface area contributed by atoms with E-state index in [4.69, 9.17) is 16.3 Å². The number of fused-ring (bicyclic) bond motifs is 1. The van der Waals surface area contributed by atoms with Crippen LogP contribution in [-0.4, -0.2) is 31.4 Å². The minimum Gasteiger partial charge on any atom is -0.376 e. The van der Waals surface area contributed by atoms with Crippen molar-refractivity contribution in [3.05, 3.63) is 91.8 Å². The minimum atomic E-state index is -0.407. The van der Waals surface area contributed by atoms with E-state index in [2.05, 4.69) is 4.98 Å². The molecule has 5 rings (SSSR count). The SMILES string of the molecule is Cc1ccccc1-n1c(=O)n(C[C@@H]2CCCO2)c(=O)c2c1ncn2Cc1ccccc1Cl. The lowest BCUT2D eigenvalue weighted by atomic mass is 10.2. The molecule has 164 valence electrons. The van der Waals surface area contributed by atoms with Gasteiger partial charge in [-0.3, -0.25) is 9.36 Å². The van der Waals surface area contributed by atoms with Crippen molar-refractivity contribution in [2.45, 2.75) is 39.0 Å². The first-order chi connectivity index (χ1) is 15.5. The number of halogens is 1. The molecule has 1 aliphatic heterocycles. The fourth-order valence-corrected chi connectivity index (χ4v) is 4.49. The lowest BCUT2D eigenvalue weighted by Gasteiger charge is -2.16. The molecule has 32 heavy (non-hydrogen) atoms. The average Bonchev–Trinajstić information content (AvgIpc) is 3.44. The van der Waals surface area contributed by atoms with E-state index in [9.17, 15) is 9.59 Å². The van der Waals surface area contributed by atoms with Crippen molar-refractivity contribution in [2.75, 3.05) is 6.61 Å². The van der Waals surface area contributed by atoms with Crippen LogP contribution in [0.25, 0.3) is 16.9 Å². The molecule has 4 aromatic rings. The number of para-hydroxylation sites is 1. The van der Waals surface area contributed by atoms with Gasteiger partial charge in [0.15, 0.2) is 11.2 Å². The molecule has 1 fully saturated rings. The predicted molar refractivity (Wildman–Crippen MR) is 124 cm³/mol.